The van der Waals surface area contributed by atoms with Gasteiger partial charge < -0.3 is 9.30 Å². The fraction of sp³-hybridized carbons (Fsp3) is 0.200. The summed E-state index contributed by atoms with van der Waals surface area (Å²) in [6.07, 6.45) is 0.996. The number of nitrogens with zero attached hydrogens (tertiary/aromatic N) is 1. The second-order valence-corrected chi connectivity index (χ2v) is 5.43. The number of halogens is 1. The van der Waals surface area contributed by atoms with Crippen LogP contribution in [-0.2, 0) is 18.4 Å². The number of ether oxygens (including phenoxy) is 1. The summed E-state index contributed by atoms with van der Waals surface area (Å²) in [7, 11) is 1.62. The van der Waals surface area contributed by atoms with Gasteiger partial charge in [-0.25, -0.2) is 4.79 Å². The molecule has 0 radical (unpaired) electrons. The third-order valence-corrected chi connectivity index (χ3v) is 3.81. The Morgan fingerprint density at radius 1 is 1.33 bits per heavy atom. The van der Waals surface area contributed by atoms with Gasteiger partial charge >= 0.3 is 6.09 Å². The molecule has 0 fully saturated rings. The van der Waals surface area contributed by atoms with Crippen LogP contribution in [0.2, 0.25) is 0 Å². The zero-order valence-corrected chi connectivity index (χ0v) is 13.3. The zero-order chi connectivity index (χ0) is 15.4. The van der Waals surface area contributed by atoms with Crippen molar-refractivity contribution in [3.8, 4) is 0 Å². The molecule has 21 heavy (non-hydrogen) atoms. The Balaban J connectivity index is 2.08. The van der Waals surface area contributed by atoms with Gasteiger partial charge in [0.05, 0.1) is 0 Å². The summed E-state index contributed by atoms with van der Waals surface area (Å²) in [6, 6.07) is 9.33. The maximum absolute atomic E-state index is 12.0. The van der Waals surface area contributed by atoms with Crippen molar-refractivity contribution in [1.82, 2.24) is 4.57 Å². The molecule has 0 bridgehead atoms. The SMILES string of the molecule is Cc1c(Br)cn(C)c(=O)c1NC(=O)OCc1ccccc1. The van der Waals surface area contributed by atoms with Gasteiger partial charge in [-0.2, -0.15) is 0 Å². The minimum absolute atomic E-state index is 0.153. The van der Waals surface area contributed by atoms with Gasteiger partial charge in [-0.15, -0.1) is 0 Å². The van der Waals surface area contributed by atoms with E-state index in [4.69, 9.17) is 4.74 Å². The molecule has 5 nitrogen and oxygen atoms in total. The van der Waals surface area contributed by atoms with Gasteiger partial charge in [0.1, 0.15) is 12.3 Å². The minimum Gasteiger partial charge on any atom is -0.444 e. The first-order valence-corrected chi connectivity index (χ1v) is 7.11. The number of pyridine rings is 1. The van der Waals surface area contributed by atoms with E-state index >= 15 is 0 Å². The van der Waals surface area contributed by atoms with Crippen LogP contribution in [0.3, 0.4) is 0 Å². The number of hydrogen-bond acceptors (Lipinski definition) is 3. The maximum atomic E-state index is 12.0. The molecular weight excluding hydrogens is 336 g/mol. The molecule has 0 aliphatic rings. The molecule has 2 aromatic rings. The lowest BCUT2D eigenvalue weighted by Crippen LogP contribution is -2.25. The van der Waals surface area contributed by atoms with Crippen LogP contribution in [0.15, 0.2) is 45.8 Å². The Bertz CT molecular complexity index is 711. The molecule has 0 saturated heterocycles. The first-order valence-electron chi connectivity index (χ1n) is 6.32. The third-order valence-electron chi connectivity index (χ3n) is 3.01. The number of hydrogen-bond donors (Lipinski definition) is 1. The number of carbonyl (C=O) groups is 1. The fourth-order valence-electron chi connectivity index (χ4n) is 1.79. The van der Waals surface area contributed by atoms with Crippen LogP contribution in [0.25, 0.3) is 0 Å². The van der Waals surface area contributed by atoms with E-state index in [1.807, 2.05) is 30.3 Å². The number of anilines is 1. The summed E-state index contributed by atoms with van der Waals surface area (Å²) < 4.78 is 7.24. The zero-order valence-electron chi connectivity index (χ0n) is 11.7. The number of amides is 1. The number of aryl methyl sites for hydroxylation is 1. The monoisotopic (exact) mass is 350 g/mol. The fourth-order valence-corrected chi connectivity index (χ4v) is 2.30. The summed E-state index contributed by atoms with van der Waals surface area (Å²) in [6.45, 7) is 1.90. The predicted octanol–water partition coefficient (Wildman–Crippen LogP) is 3.20. The number of benzene rings is 1. The number of aromatic nitrogens is 1. The van der Waals surface area contributed by atoms with Crippen molar-refractivity contribution in [1.29, 1.82) is 0 Å². The summed E-state index contributed by atoms with van der Waals surface area (Å²) in [5, 5.41) is 2.51. The number of carbonyl (C=O) groups excluding carboxylic acids is 1. The topological polar surface area (TPSA) is 60.3 Å². The average molecular weight is 351 g/mol. The highest BCUT2D eigenvalue weighted by molar-refractivity contribution is 9.10. The molecular formula is C15H15BrN2O3. The van der Waals surface area contributed by atoms with Crippen molar-refractivity contribution >= 4 is 27.7 Å². The molecule has 0 aliphatic heterocycles. The van der Waals surface area contributed by atoms with Gasteiger partial charge in [-0.05, 0) is 34.0 Å². The largest absolute Gasteiger partial charge is 0.444 e. The van der Waals surface area contributed by atoms with E-state index in [9.17, 15) is 9.59 Å². The van der Waals surface area contributed by atoms with E-state index in [2.05, 4.69) is 21.2 Å². The Kier molecular flexibility index (Phi) is 4.80. The highest BCUT2D eigenvalue weighted by Crippen LogP contribution is 2.20. The van der Waals surface area contributed by atoms with Gasteiger partial charge in [0.2, 0.25) is 0 Å². The van der Waals surface area contributed by atoms with Crippen LogP contribution in [0.1, 0.15) is 11.1 Å². The number of nitrogens with one attached hydrogen (secondary N) is 1. The van der Waals surface area contributed by atoms with Gasteiger partial charge in [0.15, 0.2) is 0 Å². The second-order valence-electron chi connectivity index (χ2n) is 4.58. The standard InChI is InChI=1S/C15H15BrN2O3/c1-10-12(16)8-18(2)14(19)13(10)17-15(20)21-9-11-6-4-3-5-7-11/h3-8H,9H2,1-2H3,(H,17,20). The molecule has 1 N–H and O–H groups in total. The third kappa shape index (κ3) is 3.72. The molecule has 1 amide bonds. The Hall–Kier alpha value is -2.08. The van der Waals surface area contributed by atoms with E-state index in [0.29, 0.717) is 5.56 Å². The summed E-state index contributed by atoms with van der Waals surface area (Å²) in [5.41, 5.74) is 1.47. The molecule has 0 saturated carbocycles. The minimum atomic E-state index is -0.655. The van der Waals surface area contributed by atoms with Crippen molar-refractivity contribution in [2.75, 3.05) is 5.32 Å². The van der Waals surface area contributed by atoms with Gasteiger partial charge in [0, 0.05) is 17.7 Å². The number of rotatable bonds is 3. The van der Waals surface area contributed by atoms with E-state index in [1.165, 1.54) is 4.57 Å². The quantitative estimate of drug-likeness (QED) is 0.924. The van der Waals surface area contributed by atoms with Crippen LogP contribution in [0, 0.1) is 6.92 Å². The van der Waals surface area contributed by atoms with Crippen LogP contribution < -0.4 is 10.9 Å². The van der Waals surface area contributed by atoms with E-state index in [0.717, 1.165) is 10.0 Å². The smallest absolute Gasteiger partial charge is 0.412 e. The van der Waals surface area contributed by atoms with Gasteiger partial charge in [0.25, 0.3) is 5.56 Å². The normalized spacial score (nSPS) is 10.2. The lowest BCUT2D eigenvalue weighted by molar-refractivity contribution is 0.155. The molecule has 1 aromatic carbocycles. The molecule has 2 rings (SSSR count). The van der Waals surface area contributed by atoms with Crippen LogP contribution in [0.4, 0.5) is 10.5 Å². The first kappa shape index (κ1) is 15.3. The molecule has 6 heteroatoms. The molecule has 1 heterocycles. The average Bonchev–Trinajstić information content (AvgIpc) is 2.48. The Labute approximate surface area is 130 Å². The highest BCUT2D eigenvalue weighted by Gasteiger charge is 2.13. The highest BCUT2D eigenvalue weighted by atomic mass is 79.9. The summed E-state index contributed by atoms with van der Waals surface area (Å²) >= 11 is 3.34. The molecule has 0 aliphatic carbocycles. The maximum Gasteiger partial charge on any atom is 0.412 e. The molecule has 110 valence electrons. The molecule has 0 unspecified atom stereocenters. The van der Waals surface area contributed by atoms with Crippen LogP contribution in [0.5, 0.6) is 0 Å². The van der Waals surface area contributed by atoms with Crippen LogP contribution in [-0.4, -0.2) is 10.7 Å². The first-order chi connectivity index (χ1) is 9.99. The van der Waals surface area contributed by atoms with Crippen LogP contribution >= 0.6 is 15.9 Å². The lowest BCUT2D eigenvalue weighted by atomic mass is 10.2. The summed E-state index contributed by atoms with van der Waals surface area (Å²) in [5.74, 6) is 0. The molecule has 0 atom stereocenters. The Morgan fingerprint density at radius 3 is 2.67 bits per heavy atom. The van der Waals surface area contributed by atoms with E-state index in [-0.39, 0.29) is 17.9 Å². The Morgan fingerprint density at radius 2 is 2.00 bits per heavy atom. The van der Waals surface area contributed by atoms with Gasteiger partial charge in [-0.3, -0.25) is 10.1 Å². The van der Waals surface area contributed by atoms with Crippen molar-refractivity contribution in [3.63, 3.8) is 0 Å². The lowest BCUT2D eigenvalue weighted by Gasteiger charge is -2.11. The van der Waals surface area contributed by atoms with E-state index in [1.54, 1.807) is 20.2 Å². The second kappa shape index (κ2) is 6.58. The molecule has 0 spiro atoms. The molecule has 1 aromatic heterocycles. The van der Waals surface area contributed by atoms with Crippen molar-refractivity contribution < 1.29 is 9.53 Å². The van der Waals surface area contributed by atoms with Crippen molar-refractivity contribution in [2.24, 2.45) is 7.05 Å². The van der Waals surface area contributed by atoms with Crippen molar-refractivity contribution in [3.05, 3.63) is 62.5 Å². The van der Waals surface area contributed by atoms with Gasteiger partial charge in [-0.1, -0.05) is 30.3 Å². The predicted molar refractivity (Wildman–Crippen MR) is 84.4 cm³/mol. The van der Waals surface area contributed by atoms with Crippen molar-refractivity contribution in [2.45, 2.75) is 13.5 Å². The summed E-state index contributed by atoms with van der Waals surface area (Å²) in [4.78, 5) is 23.8. The van der Waals surface area contributed by atoms with E-state index < -0.39 is 6.09 Å².